The van der Waals surface area contributed by atoms with Crippen molar-refractivity contribution in [3.63, 3.8) is 0 Å². The molecule has 0 unspecified atom stereocenters. The van der Waals surface area contributed by atoms with Gasteiger partial charge in [-0.05, 0) is 77.6 Å². The van der Waals surface area contributed by atoms with E-state index in [0.29, 0.717) is 45.1 Å². The van der Waals surface area contributed by atoms with Crippen molar-refractivity contribution in [2.75, 3.05) is 4.90 Å². The summed E-state index contributed by atoms with van der Waals surface area (Å²) >= 11 is 12.5. The van der Waals surface area contributed by atoms with Crippen LogP contribution in [0.3, 0.4) is 0 Å². The minimum atomic E-state index is -0.389. The molecular weight excluding hydrogens is 663 g/mol. The first-order valence-electron chi connectivity index (χ1n) is 15.7. The first kappa shape index (κ1) is 28.4. The predicted octanol–water partition coefficient (Wildman–Crippen LogP) is 6.62. The highest BCUT2D eigenvalue weighted by Crippen LogP contribution is 2.60. The molecule has 238 valence electrons. The SMILES string of the molecule is O=C1c2ccccc2C(=O)N1c1n[nH]c2cc(C3=CN=C([C@@H]4[C@H]5C[C@H]5c5cc(-c6cc(Cl)ccc6-n6cc(Cl)nn6)cc(=O)n54)C3)ccc12. The van der Waals surface area contributed by atoms with Gasteiger partial charge in [0.1, 0.15) is 0 Å². The second-order valence-corrected chi connectivity index (χ2v) is 13.5. The molecule has 3 aromatic carbocycles. The number of aromatic amines is 1. The Balaban J connectivity index is 0.931. The van der Waals surface area contributed by atoms with E-state index in [2.05, 4.69) is 26.6 Å². The topological polar surface area (TPSA) is 131 Å². The zero-order valence-corrected chi connectivity index (χ0v) is 26.9. The van der Waals surface area contributed by atoms with Gasteiger partial charge >= 0.3 is 0 Å². The number of rotatable bonds is 5. The van der Waals surface area contributed by atoms with Crippen molar-refractivity contribution < 1.29 is 9.59 Å². The number of aliphatic imine (C=N–C) groups is 1. The van der Waals surface area contributed by atoms with E-state index in [1.54, 1.807) is 47.3 Å². The van der Waals surface area contributed by atoms with E-state index < -0.39 is 0 Å². The van der Waals surface area contributed by atoms with Crippen LogP contribution in [0.15, 0.2) is 95.0 Å². The molecule has 3 aliphatic heterocycles. The van der Waals surface area contributed by atoms with Gasteiger partial charge in [-0.2, -0.15) is 5.10 Å². The molecule has 10 rings (SSSR count). The molecule has 0 bridgehead atoms. The summed E-state index contributed by atoms with van der Waals surface area (Å²) in [5.74, 6) is 0.0799. The lowest BCUT2D eigenvalue weighted by molar-refractivity contribution is 0.0925. The Hall–Kier alpha value is -5.65. The molecule has 13 heteroatoms. The molecule has 4 aliphatic rings. The van der Waals surface area contributed by atoms with Crippen molar-refractivity contribution in [3.8, 4) is 16.8 Å². The van der Waals surface area contributed by atoms with E-state index in [1.165, 1.54) is 0 Å². The van der Waals surface area contributed by atoms with E-state index >= 15 is 0 Å². The first-order valence-corrected chi connectivity index (χ1v) is 16.5. The van der Waals surface area contributed by atoms with E-state index in [1.807, 2.05) is 41.1 Å². The largest absolute Gasteiger partial charge is 0.303 e. The van der Waals surface area contributed by atoms with Gasteiger partial charge in [0.25, 0.3) is 17.4 Å². The zero-order chi connectivity index (χ0) is 33.1. The number of nitrogens with zero attached hydrogens (tertiary/aromatic N) is 7. The average molecular weight is 686 g/mol. The lowest BCUT2D eigenvalue weighted by atomic mass is 9.97. The third-order valence-electron chi connectivity index (χ3n) is 10.0. The van der Waals surface area contributed by atoms with Gasteiger partial charge < -0.3 is 4.57 Å². The minimum absolute atomic E-state index is 0.0945. The molecule has 3 atom stereocenters. The summed E-state index contributed by atoms with van der Waals surface area (Å²) in [5, 5.41) is 16.9. The first-order chi connectivity index (χ1) is 23.8. The fraction of sp³-hybridized carbons (Fsp3) is 0.139. The Morgan fingerprint density at radius 2 is 1.67 bits per heavy atom. The number of hydrogen-bond donors (Lipinski definition) is 1. The molecule has 0 spiro atoms. The van der Waals surface area contributed by atoms with Crippen LogP contribution in [0.4, 0.5) is 5.82 Å². The Kier molecular flexibility index (Phi) is 5.89. The van der Waals surface area contributed by atoms with Crippen LogP contribution in [0, 0.1) is 5.92 Å². The normalized spacial score (nSPS) is 20.4. The number of aromatic nitrogens is 6. The maximum Gasteiger partial charge on any atom is 0.267 e. The number of H-pyrrole nitrogens is 1. The van der Waals surface area contributed by atoms with Crippen LogP contribution < -0.4 is 10.5 Å². The highest BCUT2D eigenvalue weighted by atomic mass is 35.5. The number of carbonyl (C=O) groups excluding carboxylic acids is 2. The summed E-state index contributed by atoms with van der Waals surface area (Å²) in [5.41, 5.74) is 7.48. The number of pyridine rings is 1. The van der Waals surface area contributed by atoms with E-state index in [0.717, 1.165) is 45.0 Å². The number of imide groups is 1. The molecule has 2 amide bonds. The number of anilines is 1. The molecule has 1 saturated carbocycles. The fourth-order valence-corrected chi connectivity index (χ4v) is 7.99. The van der Waals surface area contributed by atoms with Gasteiger partial charge in [0.15, 0.2) is 11.0 Å². The minimum Gasteiger partial charge on any atom is -0.303 e. The number of amides is 2. The Labute approximate surface area is 287 Å². The number of nitrogens with one attached hydrogen (secondary N) is 1. The van der Waals surface area contributed by atoms with Crippen LogP contribution >= 0.6 is 23.2 Å². The van der Waals surface area contributed by atoms with Crippen LogP contribution in [0.1, 0.15) is 56.8 Å². The highest BCUT2D eigenvalue weighted by Gasteiger charge is 2.54. The fourth-order valence-electron chi connectivity index (χ4n) is 7.69. The lowest BCUT2D eigenvalue weighted by Gasteiger charge is -2.20. The van der Waals surface area contributed by atoms with E-state index in [-0.39, 0.29) is 40.3 Å². The van der Waals surface area contributed by atoms with Crippen molar-refractivity contribution in [3.05, 3.63) is 128 Å². The van der Waals surface area contributed by atoms with Crippen molar-refractivity contribution in [2.24, 2.45) is 10.9 Å². The van der Waals surface area contributed by atoms with Gasteiger partial charge in [-0.3, -0.25) is 24.5 Å². The summed E-state index contributed by atoms with van der Waals surface area (Å²) < 4.78 is 3.48. The molecule has 0 radical (unpaired) electrons. The van der Waals surface area contributed by atoms with Gasteiger partial charge in [0, 0.05) is 52.0 Å². The Bertz CT molecular complexity index is 2560. The quantitative estimate of drug-likeness (QED) is 0.203. The second kappa shape index (κ2) is 10.2. The summed E-state index contributed by atoms with van der Waals surface area (Å²) in [4.78, 5) is 46.0. The molecule has 3 aromatic heterocycles. The monoisotopic (exact) mass is 684 g/mol. The molecular formula is C36H22Cl2N8O3. The molecule has 6 aromatic rings. The smallest absolute Gasteiger partial charge is 0.267 e. The summed E-state index contributed by atoms with van der Waals surface area (Å²) in [6.45, 7) is 0. The number of fused-ring (bicyclic) bond motifs is 5. The van der Waals surface area contributed by atoms with Crippen LogP contribution in [0.25, 0.3) is 33.3 Å². The molecule has 49 heavy (non-hydrogen) atoms. The third kappa shape index (κ3) is 4.19. The Morgan fingerprint density at radius 1 is 0.857 bits per heavy atom. The zero-order valence-electron chi connectivity index (χ0n) is 25.3. The van der Waals surface area contributed by atoms with E-state index in [9.17, 15) is 14.4 Å². The van der Waals surface area contributed by atoms with Gasteiger partial charge in [0.2, 0.25) is 0 Å². The van der Waals surface area contributed by atoms with Crippen molar-refractivity contribution in [2.45, 2.75) is 24.8 Å². The van der Waals surface area contributed by atoms with Crippen molar-refractivity contribution >= 4 is 63.0 Å². The third-order valence-corrected chi connectivity index (χ3v) is 10.4. The second-order valence-electron chi connectivity index (χ2n) is 12.7. The van der Waals surface area contributed by atoms with Crippen molar-refractivity contribution in [1.82, 2.24) is 29.8 Å². The van der Waals surface area contributed by atoms with Gasteiger partial charge in [-0.1, -0.05) is 46.6 Å². The number of carbonyl (C=O) groups is 2. The number of hydrogen-bond acceptors (Lipinski definition) is 7. The van der Waals surface area contributed by atoms with Gasteiger partial charge in [0.05, 0.1) is 34.6 Å². The van der Waals surface area contributed by atoms with Crippen molar-refractivity contribution in [1.29, 1.82) is 0 Å². The molecule has 11 nitrogen and oxygen atoms in total. The van der Waals surface area contributed by atoms with E-state index in [4.69, 9.17) is 28.2 Å². The summed E-state index contributed by atoms with van der Waals surface area (Å²) in [6, 6.07) is 21.6. The summed E-state index contributed by atoms with van der Waals surface area (Å²) in [7, 11) is 0. The van der Waals surface area contributed by atoms with Crippen LogP contribution in [-0.4, -0.2) is 47.3 Å². The number of allylic oxidation sites excluding steroid dienone is 1. The molecule has 1 N–H and O–H groups in total. The maximum atomic E-state index is 13.8. The van der Waals surface area contributed by atoms with Gasteiger partial charge in [-0.15, -0.1) is 5.10 Å². The van der Waals surface area contributed by atoms with Gasteiger partial charge in [-0.25, -0.2) is 9.58 Å². The molecule has 0 saturated heterocycles. The predicted molar refractivity (Wildman–Crippen MR) is 185 cm³/mol. The van der Waals surface area contributed by atoms with Crippen LogP contribution in [0.2, 0.25) is 10.2 Å². The molecule has 6 heterocycles. The highest BCUT2D eigenvalue weighted by molar-refractivity contribution is 6.35. The molecule has 1 aliphatic carbocycles. The number of benzene rings is 3. The van der Waals surface area contributed by atoms with Crippen LogP contribution in [0.5, 0.6) is 0 Å². The maximum absolute atomic E-state index is 13.8. The lowest BCUT2D eigenvalue weighted by Crippen LogP contribution is -2.29. The molecule has 1 fully saturated rings. The van der Waals surface area contributed by atoms with Crippen LogP contribution in [-0.2, 0) is 0 Å². The number of halogens is 2. The Morgan fingerprint density at radius 3 is 2.45 bits per heavy atom. The summed E-state index contributed by atoms with van der Waals surface area (Å²) in [6.07, 6.45) is 5.07. The standard InChI is InChI=1S/C36H22Cl2N8O3/c37-20-6-8-29(44-16-31(38)41-43-44)24(13-20)18-11-30-25-14-26(25)33(45(30)32(47)12-18)28-10-19(15-39-28)17-5-7-23-27(9-17)40-42-34(23)46-35(48)21-3-1-2-4-22(21)36(46)49/h1-9,11-13,15-16,25-26,33H,10,14H2,(H,40,42)/t25-,26+,33+/m1/s1. The average Bonchev–Trinajstić information content (AvgIpc) is 3.55.